The number of carbonyl (C=O) groups is 2. The molecule has 0 saturated heterocycles. The number of rotatable bonds is 10. The Morgan fingerprint density at radius 3 is 2.38 bits per heavy atom. The summed E-state index contributed by atoms with van der Waals surface area (Å²) in [6.07, 6.45) is -0.00841. The monoisotopic (exact) mass is 373 g/mol. The van der Waals surface area contributed by atoms with E-state index < -0.39 is 41.1 Å². The fraction of sp³-hybridized carbons (Fsp3) is 0.471. The van der Waals surface area contributed by atoms with Gasteiger partial charge in [0.1, 0.15) is 17.2 Å². The maximum Gasteiger partial charge on any atom is 0.249 e. The van der Waals surface area contributed by atoms with E-state index >= 15 is 0 Å². The average molecular weight is 373 g/mol. The van der Waals surface area contributed by atoms with Gasteiger partial charge < -0.3 is 15.9 Å². The van der Waals surface area contributed by atoms with Crippen LogP contribution in [0.15, 0.2) is 18.2 Å². The third-order valence-electron chi connectivity index (χ3n) is 4.07. The van der Waals surface area contributed by atoms with Gasteiger partial charge in [-0.3, -0.25) is 14.8 Å². The largest absolute Gasteiger partial charge is 0.393 e. The van der Waals surface area contributed by atoms with Crippen LogP contribution in [0.4, 0.5) is 8.78 Å². The molecule has 0 spiro atoms. The number of hydrogen-bond donors (Lipinski definition) is 5. The standard InChI is InChI=1S/C17H23F2N2O5/c1-17(25,16(20)24)5-4-11(15(23)21-26)8-14(22)3-2-10-6-12(18)9-13(19)7-10/h3,6-7,9,11,14,22,25-26H,2,4-5,8H2,1H3,(H2,20,24)(H,21,23)/t11-,14+,17?/m1/s1. The summed E-state index contributed by atoms with van der Waals surface area (Å²) in [4.78, 5) is 22.8. The number of amides is 2. The second-order valence-electron chi connectivity index (χ2n) is 6.37. The minimum absolute atomic E-state index is 0.0260. The number of nitrogens with two attached hydrogens (primary N) is 1. The Bertz CT molecular complexity index is 619. The third kappa shape index (κ3) is 7.03. The molecule has 1 radical (unpaired) electrons. The van der Waals surface area contributed by atoms with E-state index in [0.29, 0.717) is 5.56 Å². The second-order valence-corrected chi connectivity index (χ2v) is 6.37. The number of aliphatic hydroxyl groups is 2. The highest BCUT2D eigenvalue weighted by Gasteiger charge is 2.31. The van der Waals surface area contributed by atoms with Crippen molar-refractivity contribution in [2.45, 2.75) is 44.3 Å². The van der Waals surface area contributed by atoms with E-state index in [1.165, 1.54) is 18.8 Å². The van der Waals surface area contributed by atoms with Crippen LogP contribution in [0.1, 0.15) is 31.7 Å². The van der Waals surface area contributed by atoms with E-state index in [4.69, 9.17) is 10.9 Å². The summed E-state index contributed by atoms with van der Waals surface area (Å²) < 4.78 is 26.3. The number of halogens is 2. The number of carbonyl (C=O) groups excluding carboxylic acids is 2. The predicted molar refractivity (Wildman–Crippen MR) is 87.5 cm³/mol. The third-order valence-corrected chi connectivity index (χ3v) is 4.07. The van der Waals surface area contributed by atoms with E-state index in [2.05, 4.69) is 0 Å². The summed E-state index contributed by atoms with van der Waals surface area (Å²) in [6, 6.07) is 2.97. The first kappa shape index (κ1) is 21.9. The van der Waals surface area contributed by atoms with Gasteiger partial charge in [0.05, 0.1) is 6.10 Å². The van der Waals surface area contributed by atoms with Gasteiger partial charge in [-0.05, 0) is 56.7 Å². The first-order valence-electron chi connectivity index (χ1n) is 7.97. The summed E-state index contributed by atoms with van der Waals surface area (Å²) in [5, 5.41) is 28.7. The first-order chi connectivity index (χ1) is 12.0. The highest BCUT2D eigenvalue weighted by Crippen LogP contribution is 2.22. The second kappa shape index (κ2) is 9.56. The van der Waals surface area contributed by atoms with Crippen molar-refractivity contribution in [1.29, 1.82) is 0 Å². The lowest BCUT2D eigenvalue weighted by molar-refractivity contribution is -0.138. The van der Waals surface area contributed by atoms with E-state index in [-0.39, 0.29) is 25.7 Å². The minimum atomic E-state index is -1.83. The van der Waals surface area contributed by atoms with E-state index in [1.54, 1.807) is 0 Å². The molecule has 0 bridgehead atoms. The zero-order valence-electron chi connectivity index (χ0n) is 14.3. The van der Waals surface area contributed by atoms with Crippen LogP contribution in [0.25, 0.3) is 0 Å². The molecule has 3 atom stereocenters. The maximum atomic E-state index is 13.1. The molecule has 2 amide bonds. The van der Waals surface area contributed by atoms with Gasteiger partial charge in [0.25, 0.3) is 0 Å². The molecule has 0 aliphatic rings. The van der Waals surface area contributed by atoms with Crippen LogP contribution in [0.3, 0.4) is 0 Å². The molecule has 0 aliphatic heterocycles. The highest BCUT2D eigenvalue weighted by molar-refractivity contribution is 5.82. The molecule has 0 heterocycles. The lowest BCUT2D eigenvalue weighted by Crippen LogP contribution is -2.42. The van der Waals surface area contributed by atoms with Crippen molar-refractivity contribution >= 4 is 11.8 Å². The normalized spacial score (nSPS) is 15.8. The van der Waals surface area contributed by atoms with Gasteiger partial charge in [-0.25, -0.2) is 14.3 Å². The molecule has 0 saturated carbocycles. The molecule has 9 heteroatoms. The number of hydroxylamine groups is 1. The van der Waals surface area contributed by atoms with E-state index in [1.807, 2.05) is 0 Å². The SMILES string of the molecule is CC(O)(CC[C@H](C[C@@H](O)[CH]Cc1cc(F)cc(F)c1)C(=O)NO)C(N)=O. The van der Waals surface area contributed by atoms with Crippen LogP contribution in [-0.2, 0) is 16.0 Å². The fourth-order valence-corrected chi connectivity index (χ4v) is 2.41. The van der Waals surface area contributed by atoms with Gasteiger partial charge in [0, 0.05) is 12.0 Å². The molecule has 1 aromatic carbocycles. The molecule has 0 aromatic heterocycles. The van der Waals surface area contributed by atoms with Crippen LogP contribution in [0.5, 0.6) is 0 Å². The Hall–Kier alpha value is -2.10. The van der Waals surface area contributed by atoms with Crippen LogP contribution in [0, 0.1) is 24.0 Å². The summed E-state index contributed by atoms with van der Waals surface area (Å²) in [7, 11) is 0. The van der Waals surface area contributed by atoms with Crippen molar-refractivity contribution < 1.29 is 33.8 Å². The van der Waals surface area contributed by atoms with Crippen LogP contribution in [-0.4, -0.2) is 38.9 Å². The van der Waals surface area contributed by atoms with Crippen LogP contribution in [0.2, 0.25) is 0 Å². The van der Waals surface area contributed by atoms with Crippen molar-refractivity contribution in [1.82, 2.24) is 5.48 Å². The molecular formula is C17H23F2N2O5. The number of aliphatic hydroxyl groups excluding tert-OH is 1. The fourth-order valence-electron chi connectivity index (χ4n) is 2.41. The number of hydrogen-bond acceptors (Lipinski definition) is 5. The molecule has 1 aromatic rings. The maximum absolute atomic E-state index is 13.1. The van der Waals surface area contributed by atoms with Crippen molar-refractivity contribution in [2.75, 3.05) is 0 Å². The number of nitrogens with one attached hydrogen (secondary N) is 1. The predicted octanol–water partition coefficient (Wildman–Crippen LogP) is 0.601. The molecular weight excluding hydrogens is 350 g/mol. The van der Waals surface area contributed by atoms with Gasteiger partial charge >= 0.3 is 0 Å². The zero-order chi connectivity index (χ0) is 19.9. The average Bonchev–Trinajstić information content (AvgIpc) is 2.55. The van der Waals surface area contributed by atoms with Crippen molar-refractivity contribution in [3.63, 3.8) is 0 Å². The summed E-state index contributed by atoms with van der Waals surface area (Å²) in [5.41, 5.74) is 4.99. The van der Waals surface area contributed by atoms with Crippen LogP contribution < -0.4 is 11.2 Å². The summed E-state index contributed by atoms with van der Waals surface area (Å²) in [6.45, 7) is 1.20. The summed E-state index contributed by atoms with van der Waals surface area (Å²) >= 11 is 0. The van der Waals surface area contributed by atoms with Gasteiger partial charge in [0.2, 0.25) is 11.8 Å². The molecule has 0 fully saturated rings. The molecule has 6 N–H and O–H groups in total. The topological polar surface area (TPSA) is 133 Å². The lowest BCUT2D eigenvalue weighted by Gasteiger charge is -2.23. The van der Waals surface area contributed by atoms with Gasteiger partial charge in [-0.15, -0.1) is 0 Å². The lowest BCUT2D eigenvalue weighted by atomic mass is 9.88. The Labute approximate surface area is 149 Å². The number of primary amides is 1. The van der Waals surface area contributed by atoms with Gasteiger partial charge in [-0.2, -0.15) is 0 Å². The van der Waals surface area contributed by atoms with Crippen molar-refractivity contribution in [3.05, 3.63) is 41.8 Å². The molecule has 0 aliphatic carbocycles. The zero-order valence-corrected chi connectivity index (χ0v) is 14.3. The highest BCUT2D eigenvalue weighted by atomic mass is 19.1. The number of benzene rings is 1. The van der Waals surface area contributed by atoms with Crippen molar-refractivity contribution in [3.8, 4) is 0 Å². The van der Waals surface area contributed by atoms with E-state index in [0.717, 1.165) is 18.2 Å². The van der Waals surface area contributed by atoms with Crippen molar-refractivity contribution in [2.24, 2.45) is 11.7 Å². The Morgan fingerprint density at radius 2 is 1.88 bits per heavy atom. The van der Waals surface area contributed by atoms with Crippen LogP contribution >= 0.6 is 0 Å². The molecule has 145 valence electrons. The van der Waals surface area contributed by atoms with E-state index in [9.17, 15) is 28.6 Å². The van der Waals surface area contributed by atoms with Gasteiger partial charge in [-0.1, -0.05) is 0 Å². The minimum Gasteiger partial charge on any atom is -0.393 e. The van der Waals surface area contributed by atoms with Gasteiger partial charge in [0.15, 0.2) is 0 Å². The molecule has 7 nitrogen and oxygen atoms in total. The Kier molecular flexibility index (Phi) is 8.07. The summed E-state index contributed by atoms with van der Waals surface area (Å²) in [5.74, 6) is -4.15. The molecule has 1 rings (SSSR count). The Balaban J connectivity index is 2.63. The quantitative estimate of drug-likeness (QED) is 0.303. The first-order valence-corrected chi connectivity index (χ1v) is 7.97. The molecule has 1 unspecified atom stereocenters. The molecule has 26 heavy (non-hydrogen) atoms. The Morgan fingerprint density at radius 1 is 1.31 bits per heavy atom. The smallest absolute Gasteiger partial charge is 0.249 e.